The predicted molar refractivity (Wildman–Crippen MR) is 102 cm³/mol. The van der Waals surface area contributed by atoms with Crippen LogP contribution < -0.4 is 5.32 Å². The third kappa shape index (κ3) is 6.01. The van der Waals surface area contributed by atoms with Gasteiger partial charge in [0.05, 0.1) is 6.54 Å². The average Bonchev–Trinajstić information content (AvgIpc) is 2.59. The van der Waals surface area contributed by atoms with Crippen molar-refractivity contribution in [3.05, 3.63) is 64.7 Å². The predicted octanol–water partition coefficient (Wildman–Crippen LogP) is 3.57. The maximum absolute atomic E-state index is 12.2. The minimum absolute atomic E-state index is 0.0355. The second-order valence-electron chi connectivity index (χ2n) is 6.00. The Bertz CT molecular complexity index is 803. The van der Waals surface area contributed by atoms with Crippen LogP contribution in [0.4, 0.5) is 5.69 Å². The number of ketones is 1. The zero-order valence-electron chi connectivity index (χ0n) is 14.8. The van der Waals surface area contributed by atoms with Gasteiger partial charge in [0.1, 0.15) is 0 Å². The Morgan fingerprint density at radius 1 is 1.04 bits per heavy atom. The van der Waals surface area contributed by atoms with Gasteiger partial charge in [0.15, 0.2) is 5.78 Å². The SMILES string of the molecule is CC(=O)c1ccc(NC(=O)CN(CCc2cccc(Cl)c2)C(C)=O)cc1. The zero-order chi connectivity index (χ0) is 19.1. The summed E-state index contributed by atoms with van der Waals surface area (Å²) in [6.45, 7) is 3.31. The summed E-state index contributed by atoms with van der Waals surface area (Å²) < 4.78 is 0. The van der Waals surface area contributed by atoms with Crippen molar-refractivity contribution in [1.29, 1.82) is 0 Å². The number of Topliss-reactive ketones (excluding diaryl/α,β-unsaturated/α-hetero) is 1. The molecule has 0 aliphatic carbocycles. The molecule has 0 unspecified atom stereocenters. The van der Waals surface area contributed by atoms with Crippen molar-refractivity contribution in [3.8, 4) is 0 Å². The number of amides is 2. The van der Waals surface area contributed by atoms with Crippen LogP contribution in [0.2, 0.25) is 5.02 Å². The van der Waals surface area contributed by atoms with Gasteiger partial charge in [-0.15, -0.1) is 0 Å². The number of hydrogen-bond acceptors (Lipinski definition) is 3. The second-order valence-corrected chi connectivity index (χ2v) is 6.44. The number of nitrogens with zero attached hydrogens (tertiary/aromatic N) is 1. The van der Waals surface area contributed by atoms with Crippen LogP contribution in [0.15, 0.2) is 48.5 Å². The Hall–Kier alpha value is -2.66. The van der Waals surface area contributed by atoms with Crippen LogP contribution in [0.1, 0.15) is 29.8 Å². The molecule has 0 aliphatic heterocycles. The quantitative estimate of drug-likeness (QED) is 0.755. The highest BCUT2D eigenvalue weighted by molar-refractivity contribution is 6.30. The molecule has 0 radical (unpaired) electrons. The highest BCUT2D eigenvalue weighted by Crippen LogP contribution is 2.12. The molecular weight excluding hydrogens is 352 g/mol. The van der Waals surface area contributed by atoms with E-state index in [1.807, 2.05) is 18.2 Å². The van der Waals surface area contributed by atoms with E-state index in [0.29, 0.717) is 29.2 Å². The van der Waals surface area contributed by atoms with Gasteiger partial charge in [-0.3, -0.25) is 14.4 Å². The van der Waals surface area contributed by atoms with Gasteiger partial charge in [-0.05, 0) is 55.3 Å². The number of benzene rings is 2. The number of anilines is 1. The van der Waals surface area contributed by atoms with Crippen LogP contribution in [0.5, 0.6) is 0 Å². The third-order valence-electron chi connectivity index (χ3n) is 3.91. The van der Waals surface area contributed by atoms with Crippen LogP contribution in [0, 0.1) is 0 Å². The van der Waals surface area contributed by atoms with Crippen LogP contribution in [0.25, 0.3) is 0 Å². The molecule has 6 heteroatoms. The summed E-state index contributed by atoms with van der Waals surface area (Å²) in [4.78, 5) is 36.8. The Morgan fingerprint density at radius 3 is 2.31 bits per heavy atom. The Kier molecular flexibility index (Phi) is 6.92. The summed E-state index contributed by atoms with van der Waals surface area (Å²) in [6, 6.07) is 14.1. The molecule has 0 atom stereocenters. The summed E-state index contributed by atoms with van der Waals surface area (Å²) >= 11 is 5.96. The van der Waals surface area contributed by atoms with E-state index < -0.39 is 0 Å². The average molecular weight is 373 g/mol. The van der Waals surface area contributed by atoms with Crippen LogP contribution >= 0.6 is 11.6 Å². The van der Waals surface area contributed by atoms with Crippen molar-refractivity contribution >= 4 is 34.9 Å². The first-order chi connectivity index (χ1) is 12.3. The summed E-state index contributed by atoms with van der Waals surface area (Å²) in [5.74, 6) is -0.498. The lowest BCUT2D eigenvalue weighted by Crippen LogP contribution is -2.38. The fourth-order valence-electron chi connectivity index (χ4n) is 2.47. The van der Waals surface area contributed by atoms with E-state index in [4.69, 9.17) is 11.6 Å². The molecule has 0 aromatic heterocycles. The number of halogens is 1. The van der Waals surface area contributed by atoms with E-state index in [1.165, 1.54) is 18.7 Å². The van der Waals surface area contributed by atoms with Gasteiger partial charge in [0, 0.05) is 29.7 Å². The monoisotopic (exact) mass is 372 g/mol. The number of carbonyl (C=O) groups is 3. The van der Waals surface area contributed by atoms with E-state index in [1.54, 1.807) is 30.3 Å². The van der Waals surface area contributed by atoms with Crippen molar-refractivity contribution in [2.75, 3.05) is 18.4 Å². The van der Waals surface area contributed by atoms with Gasteiger partial charge in [-0.2, -0.15) is 0 Å². The summed E-state index contributed by atoms with van der Waals surface area (Å²) in [7, 11) is 0. The molecule has 2 aromatic rings. The third-order valence-corrected chi connectivity index (χ3v) is 4.15. The van der Waals surface area contributed by atoms with E-state index in [-0.39, 0.29) is 24.1 Å². The molecule has 136 valence electrons. The molecule has 0 bridgehead atoms. The molecule has 0 fully saturated rings. The second kappa shape index (κ2) is 9.15. The van der Waals surface area contributed by atoms with Crippen molar-refractivity contribution < 1.29 is 14.4 Å². The molecule has 1 N–H and O–H groups in total. The summed E-state index contributed by atoms with van der Waals surface area (Å²) in [5, 5.41) is 3.38. The zero-order valence-corrected chi connectivity index (χ0v) is 15.5. The molecule has 5 nitrogen and oxygen atoms in total. The lowest BCUT2D eigenvalue weighted by atomic mass is 10.1. The van der Waals surface area contributed by atoms with Crippen molar-refractivity contribution in [1.82, 2.24) is 4.90 Å². The maximum atomic E-state index is 12.2. The molecule has 0 aliphatic rings. The largest absolute Gasteiger partial charge is 0.333 e. The first kappa shape index (κ1) is 19.7. The van der Waals surface area contributed by atoms with Crippen LogP contribution in [-0.2, 0) is 16.0 Å². The van der Waals surface area contributed by atoms with E-state index in [2.05, 4.69) is 5.32 Å². The molecule has 0 saturated heterocycles. The minimum atomic E-state index is -0.290. The van der Waals surface area contributed by atoms with E-state index in [0.717, 1.165) is 5.56 Å². The molecule has 0 saturated carbocycles. The number of nitrogens with one attached hydrogen (secondary N) is 1. The first-order valence-electron chi connectivity index (χ1n) is 8.26. The number of rotatable bonds is 7. The lowest BCUT2D eigenvalue weighted by Gasteiger charge is -2.20. The van der Waals surface area contributed by atoms with Gasteiger partial charge < -0.3 is 10.2 Å². The van der Waals surface area contributed by atoms with Gasteiger partial charge in [0.2, 0.25) is 11.8 Å². The molecule has 2 aromatic carbocycles. The van der Waals surface area contributed by atoms with E-state index >= 15 is 0 Å². The molecule has 0 spiro atoms. The van der Waals surface area contributed by atoms with Gasteiger partial charge >= 0.3 is 0 Å². The van der Waals surface area contributed by atoms with Crippen molar-refractivity contribution in [2.24, 2.45) is 0 Å². The number of hydrogen-bond donors (Lipinski definition) is 1. The molecule has 26 heavy (non-hydrogen) atoms. The topological polar surface area (TPSA) is 66.5 Å². The summed E-state index contributed by atoms with van der Waals surface area (Å²) in [5.41, 5.74) is 2.16. The smallest absolute Gasteiger partial charge is 0.243 e. The minimum Gasteiger partial charge on any atom is -0.333 e. The molecule has 2 rings (SSSR count). The first-order valence-corrected chi connectivity index (χ1v) is 8.64. The fraction of sp³-hybridized carbons (Fsp3) is 0.250. The molecule has 0 heterocycles. The van der Waals surface area contributed by atoms with Gasteiger partial charge in [0.25, 0.3) is 0 Å². The standard InChI is InChI=1S/C20H21ClN2O3/c1-14(24)17-6-8-19(9-7-17)22-20(26)13-23(15(2)25)11-10-16-4-3-5-18(21)12-16/h3-9,12H,10-11,13H2,1-2H3,(H,22,26). The Morgan fingerprint density at radius 2 is 1.73 bits per heavy atom. The van der Waals surface area contributed by atoms with Gasteiger partial charge in [-0.1, -0.05) is 23.7 Å². The lowest BCUT2D eigenvalue weighted by molar-refractivity contribution is -0.132. The normalized spacial score (nSPS) is 10.3. The Labute approximate surface area is 158 Å². The number of carbonyl (C=O) groups excluding carboxylic acids is 3. The van der Waals surface area contributed by atoms with Crippen molar-refractivity contribution in [2.45, 2.75) is 20.3 Å². The van der Waals surface area contributed by atoms with Crippen LogP contribution in [0.3, 0.4) is 0 Å². The molecular formula is C20H21ClN2O3. The van der Waals surface area contributed by atoms with E-state index in [9.17, 15) is 14.4 Å². The highest BCUT2D eigenvalue weighted by Gasteiger charge is 2.14. The fourth-order valence-corrected chi connectivity index (χ4v) is 2.68. The molecule has 2 amide bonds. The highest BCUT2D eigenvalue weighted by atomic mass is 35.5. The Balaban J connectivity index is 1.92. The van der Waals surface area contributed by atoms with Gasteiger partial charge in [-0.25, -0.2) is 0 Å². The van der Waals surface area contributed by atoms with Crippen molar-refractivity contribution in [3.63, 3.8) is 0 Å². The van der Waals surface area contributed by atoms with Crippen LogP contribution in [-0.4, -0.2) is 35.6 Å². The summed E-state index contributed by atoms with van der Waals surface area (Å²) in [6.07, 6.45) is 0.612. The maximum Gasteiger partial charge on any atom is 0.243 e.